The smallest absolute Gasteiger partial charge is 0.222 e. The molecule has 0 bridgehead atoms. The average molecular weight is 285 g/mol. The zero-order valence-electron chi connectivity index (χ0n) is 12.2. The van der Waals surface area contributed by atoms with Crippen LogP contribution in [-0.4, -0.2) is 34.2 Å². The lowest BCUT2D eigenvalue weighted by Crippen LogP contribution is -2.49. The number of pyridine rings is 1. The molecule has 0 spiro atoms. The standard InChI is InChI=1S/C16H19N3O2/c1-2-15(20)19-10-6-4-8-14(19)16(21)12(11-17)13-7-3-5-9-18-13/h3,5,7,9,12,14H,2,4,6,8,10H2,1H3/t12-,14+/m1/s1. The van der Waals surface area contributed by atoms with Crippen LogP contribution in [0, 0.1) is 11.3 Å². The molecule has 1 saturated heterocycles. The van der Waals surface area contributed by atoms with Crippen molar-refractivity contribution in [2.75, 3.05) is 6.54 Å². The summed E-state index contributed by atoms with van der Waals surface area (Å²) < 4.78 is 0. The minimum atomic E-state index is -0.901. The van der Waals surface area contributed by atoms with Gasteiger partial charge in [-0.2, -0.15) is 5.26 Å². The molecule has 1 aromatic rings. The van der Waals surface area contributed by atoms with Crippen molar-refractivity contribution in [2.45, 2.75) is 44.6 Å². The van der Waals surface area contributed by atoms with E-state index in [2.05, 4.69) is 4.98 Å². The summed E-state index contributed by atoms with van der Waals surface area (Å²) in [5, 5.41) is 9.35. The number of likely N-dealkylation sites (tertiary alicyclic amines) is 1. The van der Waals surface area contributed by atoms with Crippen LogP contribution in [0.4, 0.5) is 0 Å². The summed E-state index contributed by atoms with van der Waals surface area (Å²) in [4.78, 5) is 30.5. The summed E-state index contributed by atoms with van der Waals surface area (Å²) in [6.07, 6.45) is 4.41. The first-order valence-corrected chi connectivity index (χ1v) is 7.32. The van der Waals surface area contributed by atoms with Gasteiger partial charge in [0, 0.05) is 19.2 Å². The van der Waals surface area contributed by atoms with Gasteiger partial charge in [-0.25, -0.2) is 0 Å². The van der Waals surface area contributed by atoms with E-state index in [1.807, 2.05) is 6.07 Å². The quantitative estimate of drug-likeness (QED) is 0.848. The molecular weight excluding hydrogens is 266 g/mol. The number of nitrogens with zero attached hydrogens (tertiary/aromatic N) is 3. The monoisotopic (exact) mass is 285 g/mol. The minimum Gasteiger partial charge on any atom is -0.333 e. The number of rotatable bonds is 4. The average Bonchev–Trinajstić information content (AvgIpc) is 2.55. The molecule has 1 amide bonds. The van der Waals surface area contributed by atoms with Gasteiger partial charge in [0.15, 0.2) is 5.78 Å². The molecule has 1 fully saturated rings. The third kappa shape index (κ3) is 3.27. The molecular formula is C16H19N3O2. The van der Waals surface area contributed by atoms with E-state index in [0.29, 0.717) is 25.1 Å². The Kier molecular flexibility index (Phi) is 5.04. The highest BCUT2D eigenvalue weighted by Gasteiger charge is 2.36. The molecule has 5 nitrogen and oxygen atoms in total. The molecule has 1 aliphatic rings. The molecule has 0 radical (unpaired) electrons. The number of aromatic nitrogens is 1. The van der Waals surface area contributed by atoms with Gasteiger partial charge in [-0.1, -0.05) is 13.0 Å². The molecule has 2 atom stereocenters. The maximum atomic E-state index is 12.7. The molecule has 110 valence electrons. The number of ketones is 1. The molecule has 21 heavy (non-hydrogen) atoms. The fraction of sp³-hybridized carbons (Fsp3) is 0.500. The Morgan fingerprint density at radius 3 is 2.90 bits per heavy atom. The number of carbonyl (C=O) groups excluding carboxylic acids is 2. The normalized spacial score (nSPS) is 19.6. The van der Waals surface area contributed by atoms with Gasteiger partial charge in [0.1, 0.15) is 5.92 Å². The van der Waals surface area contributed by atoms with Gasteiger partial charge in [0.05, 0.1) is 17.8 Å². The summed E-state index contributed by atoms with van der Waals surface area (Å²) >= 11 is 0. The first-order valence-electron chi connectivity index (χ1n) is 7.32. The largest absolute Gasteiger partial charge is 0.333 e. The van der Waals surface area contributed by atoms with Crippen LogP contribution in [0.1, 0.15) is 44.2 Å². The van der Waals surface area contributed by atoms with Gasteiger partial charge in [-0.05, 0) is 31.4 Å². The van der Waals surface area contributed by atoms with Gasteiger partial charge in [0.2, 0.25) is 5.91 Å². The second-order valence-electron chi connectivity index (χ2n) is 5.17. The first kappa shape index (κ1) is 15.2. The van der Waals surface area contributed by atoms with Crippen LogP contribution in [0.25, 0.3) is 0 Å². The maximum Gasteiger partial charge on any atom is 0.222 e. The zero-order chi connectivity index (χ0) is 15.2. The van der Waals surface area contributed by atoms with E-state index in [0.717, 1.165) is 12.8 Å². The summed E-state index contributed by atoms with van der Waals surface area (Å²) in [6, 6.07) is 6.74. The van der Waals surface area contributed by atoms with Crippen LogP contribution in [0.5, 0.6) is 0 Å². The maximum absolute atomic E-state index is 12.7. The highest BCUT2D eigenvalue weighted by Crippen LogP contribution is 2.25. The lowest BCUT2D eigenvalue weighted by atomic mass is 9.89. The highest BCUT2D eigenvalue weighted by atomic mass is 16.2. The van der Waals surface area contributed by atoms with E-state index < -0.39 is 12.0 Å². The number of carbonyl (C=O) groups is 2. The summed E-state index contributed by atoms with van der Waals surface area (Å²) in [5.74, 6) is -1.13. The molecule has 0 N–H and O–H groups in total. The predicted molar refractivity (Wildman–Crippen MR) is 77.2 cm³/mol. The van der Waals surface area contributed by atoms with Crippen molar-refractivity contribution >= 4 is 11.7 Å². The lowest BCUT2D eigenvalue weighted by Gasteiger charge is -2.35. The summed E-state index contributed by atoms with van der Waals surface area (Å²) in [6.45, 7) is 2.39. The molecule has 2 rings (SSSR count). The first-order chi connectivity index (χ1) is 10.2. The van der Waals surface area contributed by atoms with Crippen molar-refractivity contribution in [3.05, 3.63) is 30.1 Å². The second kappa shape index (κ2) is 6.98. The molecule has 5 heteroatoms. The van der Waals surface area contributed by atoms with E-state index in [9.17, 15) is 14.9 Å². The summed E-state index contributed by atoms with van der Waals surface area (Å²) in [7, 11) is 0. The number of amides is 1. The topological polar surface area (TPSA) is 74.1 Å². The third-order valence-corrected chi connectivity index (χ3v) is 3.85. The SMILES string of the molecule is CCC(=O)N1CCCC[C@H]1C(=O)[C@H](C#N)c1ccccn1. The zero-order valence-corrected chi connectivity index (χ0v) is 12.2. The van der Waals surface area contributed by atoms with Gasteiger partial charge >= 0.3 is 0 Å². The van der Waals surface area contributed by atoms with Crippen molar-refractivity contribution < 1.29 is 9.59 Å². The second-order valence-corrected chi connectivity index (χ2v) is 5.17. The summed E-state index contributed by atoms with van der Waals surface area (Å²) in [5.41, 5.74) is 0.458. The van der Waals surface area contributed by atoms with Crippen molar-refractivity contribution in [1.29, 1.82) is 5.26 Å². The van der Waals surface area contributed by atoms with Crippen LogP contribution in [0.2, 0.25) is 0 Å². The minimum absolute atomic E-state index is 0.0224. The molecule has 1 aliphatic heterocycles. The molecule has 1 aromatic heterocycles. The van der Waals surface area contributed by atoms with Crippen molar-refractivity contribution in [1.82, 2.24) is 9.88 Å². The number of hydrogen-bond acceptors (Lipinski definition) is 4. The van der Waals surface area contributed by atoms with E-state index >= 15 is 0 Å². The van der Waals surface area contributed by atoms with Crippen LogP contribution in [0.15, 0.2) is 24.4 Å². The van der Waals surface area contributed by atoms with Crippen molar-refractivity contribution in [3.8, 4) is 6.07 Å². The van der Waals surface area contributed by atoms with Crippen molar-refractivity contribution in [3.63, 3.8) is 0 Å². The van der Waals surface area contributed by atoms with Crippen LogP contribution in [-0.2, 0) is 9.59 Å². The number of piperidine rings is 1. The number of hydrogen-bond donors (Lipinski definition) is 0. The number of Topliss-reactive ketones (excluding diaryl/α,β-unsaturated/α-hetero) is 1. The van der Waals surface area contributed by atoms with Crippen LogP contribution in [0.3, 0.4) is 0 Å². The Hall–Kier alpha value is -2.22. The van der Waals surface area contributed by atoms with E-state index in [1.54, 1.807) is 36.2 Å². The molecule has 0 unspecified atom stereocenters. The Morgan fingerprint density at radius 1 is 1.48 bits per heavy atom. The Balaban J connectivity index is 2.23. The molecule has 0 aromatic carbocycles. The fourth-order valence-electron chi connectivity index (χ4n) is 2.74. The Bertz CT molecular complexity index is 550. The van der Waals surface area contributed by atoms with Gasteiger partial charge in [-0.15, -0.1) is 0 Å². The Labute approximate surface area is 124 Å². The molecule has 0 aliphatic carbocycles. The third-order valence-electron chi connectivity index (χ3n) is 3.85. The fourth-order valence-corrected chi connectivity index (χ4v) is 2.74. The van der Waals surface area contributed by atoms with Crippen LogP contribution < -0.4 is 0 Å². The van der Waals surface area contributed by atoms with E-state index in [4.69, 9.17) is 0 Å². The van der Waals surface area contributed by atoms with E-state index in [1.165, 1.54) is 0 Å². The van der Waals surface area contributed by atoms with E-state index in [-0.39, 0.29) is 11.7 Å². The van der Waals surface area contributed by atoms with Gasteiger partial charge in [0.25, 0.3) is 0 Å². The molecule has 2 heterocycles. The molecule has 0 saturated carbocycles. The predicted octanol–water partition coefficient (Wildman–Crippen LogP) is 2.05. The number of nitriles is 1. The van der Waals surface area contributed by atoms with Crippen LogP contribution >= 0.6 is 0 Å². The highest BCUT2D eigenvalue weighted by molar-refractivity contribution is 5.95. The Morgan fingerprint density at radius 2 is 2.29 bits per heavy atom. The van der Waals surface area contributed by atoms with Gasteiger partial charge < -0.3 is 4.90 Å². The van der Waals surface area contributed by atoms with Crippen molar-refractivity contribution in [2.24, 2.45) is 0 Å². The van der Waals surface area contributed by atoms with Gasteiger partial charge in [-0.3, -0.25) is 14.6 Å². The lowest BCUT2D eigenvalue weighted by molar-refractivity contribution is -0.141.